The van der Waals surface area contributed by atoms with Crippen LogP contribution in [0.1, 0.15) is 12.8 Å². The van der Waals surface area contributed by atoms with Gasteiger partial charge in [0, 0.05) is 54.4 Å². The zero-order valence-electron chi connectivity index (χ0n) is 17.1. The Balaban J connectivity index is 1.27. The molecule has 1 N–H and O–H groups in total. The van der Waals surface area contributed by atoms with Gasteiger partial charge in [-0.05, 0) is 49.2 Å². The summed E-state index contributed by atoms with van der Waals surface area (Å²) in [6.45, 7) is 4.64. The number of para-hydroxylation sites is 2. The lowest BCUT2D eigenvalue weighted by Gasteiger charge is -2.36. The highest BCUT2D eigenvalue weighted by molar-refractivity contribution is 6.08. The quantitative estimate of drug-likeness (QED) is 0.469. The Hall–Kier alpha value is -3.11. The first-order chi connectivity index (χ1) is 14.8. The van der Waals surface area contributed by atoms with E-state index in [4.69, 9.17) is 4.98 Å². The highest BCUT2D eigenvalue weighted by atomic mass is 15.3. The average Bonchev–Trinajstić information content (AvgIpc) is 3.65. The molecule has 1 saturated heterocycles. The SMILES string of the molecule is c1ccc2c(Nc3ccc(N4CCN(C5CC5)CC4)cc3)c3ccccc3nc2c1. The van der Waals surface area contributed by atoms with Crippen molar-refractivity contribution in [3.63, 3.8) is 0 Å². The molecule has 4 nitrogen and oxygen atoms in total. The smallest absolute Gasteiger partial charge is 0.0730 e. The maximum absolute atomic E-state index is 4.83. The van der Waals surface area contributed by atoms with Crippen LogP contribution < -0.4 is 10.2 Å². The van der Waals surface area contributed by atoms with Crippen molar-refractivity contribution in [2.24, 2.45) is 0 Å². The van der Waals surface area contributed by atoms with Crippen LogP contribution in [-0.2, 0) is 0 Å². The molecule has 0 atom stereocenters. The Kier molecular flexibility index (Phi) is 4.31. The van der Waals surface area contributed by atoms with Gasteiger partial charge in [-0.15, -0.1) is 0 Å². The molecule has 4 aromatic rings. The van der Waals surface area contributed by atoms with Gasteiger partial charge in [0.15, 0.2) is 0 Å². The van der Waals surface area contributed by atoms with Crippen LogP contribution in [0.3, 0.4) is 0 Å². The number of aromatic nitrogens is 1. The lowest BCUT2D eigenvalue weighted by molar-refractivity contribution is 0.248. The van der Waals surface area contributed by atoms with Crippen LogP contribution >= 0.6 is 0 Å². The lowest BCUT2D eigenvalue weighted by Crippen LogP contribution is -2.47. The lowest BCUT2D eigenvalue weighted by atomic mass is 10.1. The Bertz CT molecular complexity index is 1130. The predicted molar refractivity (Wildman–Crippen MR) is 126 cm³/mol. The summed E-state index contributed by atoms with van der Waals surface area (Å²) in [7, 11) is 0. The van der Waals surface area contributed by atoms with E-state index in [1.807, 2.05) is 12.1 Å². The van der Waals surface area contributed by atoms with Gasteiger partial charge in [-0.25, -0.2) is 4.98 Å². The first kappa shape index (κ1) is 17.7. The summed E-state index contributed by atoms with van der Waals surface area (Å²) < 4.78 is 0. The van der Waals surface area contributed by atoms with Crippen molar-refractivity contribution in [3.8, 4) is 0 Å². The van der Waals surface area contributed by atoms with Crippen molar-refractivity contribution in [1.82, 2.24) is 9.88 Å². The summed E-state index contributed by atoms with van der Waals surface area (Å²) in [5.41, 5.74) is 5.59. The number of pyridine rings is 1. The second-order valence-corrected chi connectivity index (χ2v) is 8.45. The molecule has 0 amide bonds. The average molecular weight is 395 g/mol. The highest BCUT2D eigenvalue weighted by Gasteiger charge is 2.31. The Morgan fingerprint density at radius 2 is 1.30 bits per heavy atom. The number of hydrogen-bond donors (Lipinski definition) is 1. The largest absolute Gasteiger partial charge is 0.369 e. The minimum Gasteiger partial charge on any atom is -0.369 e. The molecular formula is C26H26N4. The van der Waals surface area contributed by atoms with E-state index >= 15 is 0 Å². The molecule has 0 unspecified atom stereocenters. The number of rotatable bonds is 4. The topological polar surface area (TPSA) is 31.4 Å². The molecule has 3 aromatic carbocycles. The van der Waals surface area contributed by atoms with E-state index < -0.39 is 0 Å². The van der Waals surface area contributed by atoms with E-state index in [0.29, 0.717) is 0 Å². The van der Waals surface area contributed by atoms with Gasteiger partial charge in [0.25, 0.3) is 0 Å². The monoisotopic (exact) mass is 394 g/mol. The Labute approximate surface area is 177 Å². The van der Waals surface area contributed by atoms with E-state index in [2.05, 4.69) is 75.8 Å². The summed E-state index contributed by atoms with van der Waals surface area (Å²) in [4.78, 5) is 10.0. The zero-order valence-corrected chi connectivity index (χ0v) is 17.1. The minimum absolute atomic E-state index is 0.878. The first-order valence-electron chi connectivity index (χ1n) is 11.0. The van der Waals surface area contributed by atoms with Crippen LogP contribution in [0, 0.1) is 0 Å². The first-order valence-corrected chi connectivity index (χ1v) is 11.0. The summed E-state index contributed by atoms with van der Waals surface area (Å²) in [6.07, 6.45) is 2.80. The summed E-state index contributed by atoms with van der Waals surface area (Å²) in [6, 6.07) is 26.5. The second kappa shape index (κ2) is 7.29. The highest BCUT2D eigenvalue weighted by Crippen LogP contribution is 2.34. The van der Waals surface area contributed by atoms with Gasteiger partial charge in [-0.3, -0.25) is 4.90 Å². The van der Waals surface area contributed by atoms with E-state index in [1.165, 1.54) is 31.6 Å². The van der Waals surface area contributed by atoms with Crippen molar-refractivity contribution in [2.45, 2.75) is 18.9 Å². The number of hydrogen-bond acceptors (Lipinski definition) is 4. The van der Waals surface area contributed by atoms with Gasteiger partial charge in [-0.1, -0.05) is 36.4 Å². The van der Waals surface area contributed by atoms with Crippen molar-refractivity contribution in [3.05, 3.63) is 72.8 Å². The molecule has 1 aromatic heterocycles. The van der Waals surface area contributed by atoms with Crippen LogP contribution in [0.5, 0.6) is 0 Å². The number of fused-ring (bicyclic) bond motifs is 2. The summed E-state index contributed by atoms with van der Waals surface area (Å²) in [5.74, 6) is 0. The molecule has 2 aliphatic rings. The van der Waals surface area contributed by atoms with E-state index in [1.54, 1.807) is 0 Å². The molecule has 1 aliphatic heterocycles. The molecule has 30 heavy (non-hydrogen) atoms. The fraction of sp³-hybridized carbons (Fsp3) is 0.269. The molecule has 2 heterocycles. The van der Waals surface area contributed by atoms with Crippen LogP contribution in [-0.4, -0.2) is 42.1 Å². The maximum Gasteiger partial charge on any atom is 0.0730 e. The molecule has 150 valence electrons. The molecule has 4 heteroatoms. The molecule has 6 rings (SSSR count). The summed E-state index contributed by atoms with van der Waals surface area (Å²) in [5, 5.41) is 5.98. The van der Waals surface area contributed by atoms with Crippen LogP contribution in [0.15, 0.2) is 72.8 Å². The number of nitrogens with zero attached hydrogens (tertiary/aromatic N) is 3. The second-order valence-electron chi connectivity index (χ2n) is 8.45. The molecule has 0 bridgehead atoms. The molecular weight excluding hydrogens is 368 g/mol. The van der Waals surface area contributed by atoms with Crippen molar-refractivity contribution < 1.29 is 0 Å². The van der Waals surface area contributed by atoms with E-state index in [9.17, 15) is 0 Å². The standard InChI is InChI=1S/C26H26N4/c1-3-7-24-22(5-1)26(23-6-2-4-8-25(23)28-24)27-19-9-11-20(12-10-19)29-15-17-30(18-16-29)21-13-14-21/h1-12,21H,13-18H2,(H,27,28). The van der Waals surface area contributed by atoms with E-state index in [-0.39, 0.29) is 0 Å². The third kappa shape index (κ3) is 3.27. The molecule has 1 aliphatic carbocycles. The zero-order chi connectivity index (χ0) is 19.9. The van der Waals surface area contributed by atoms with Gasteiger partial charge in [0.05, 0.1) is 16.7 Å². The predicted octanol–water partition coefficient (Wildman–Crippen LogP) is 5.42. The van der Waals surface area contributed by atoms with Gasteiger partial charge >= 0.3 is 0 Å². The fourth-order valence-corrected chi connectivity index (χ4v) is 4.66. The number of anilines is 3. The van der Waals surface area contributed by atoms with Crippen molar-refractivity contribution >= 4 is 38.9 Å². The van der Waals surface area contributed by atoms with Crippen molar-refractivity contribution in [2.75, 3.05) is 36.4 Å². The Morgan fingerprint density at radius 3 is 1.90 bits per heavy atom. The fourth-order valence-electron chi connectivity index (χ4n) is 4.66. The molecule has 0 radical (unpaired) electrons. The third-order valence-corrected chi connectivity index (χ3v) is 6.47. The van der Waals surface area contributed by atoms with Gasteiger partial charge in [-0.2, -0.15) is 0 Å². The van der Waals surface area contributed by atoms with Gasteiger partial charge in [0.2, 0.25) is 0 Å². The number of benzene rings is 3. The number of nitrogens with one attached hydrogen (secondary N) is 1. The maximum atomic E-state index is 4.83. The molecule has 2 fully saturated rings. The molecule has 0 spiro atoms. The normalized spacial score (nSPS) is 17.5. The number of piperazine rings is 1. The van der Waals surface area contributed by atoms with Crippen LogP contribution in [0.2, 0.25) is 0 Å². The summed E-state index contributed by atoms with van der Waals surface area (Å²) >= 11 is 0. The van der Waals surface area contributed by atoms with Gasteiger partial charge < -0.3 is 10.2 Å². The van der Waals surface area contributed by atoms with Crippen LogP contribution in [0.25, 0.3) is 21.8 Å². The van der Waals surface area contributed by atoms with Crippen molar-refractivity contribution in [1.29, 1.82) is 0 Å². The Morgan fingerprint density at radius 1 is 0.700 bits per heavy atom. The van der Waals surface area contributed by atoms with Crippen LogP contribution in [0.4, 0.5) is 17.1 Å². The molecule has 1 saturated carbocycles. The van der Waals surface area contributed by atoms with Gasteiger partial charge in [0.1, 0.15) is 0 Å². The third-order valence-electron chi connectivity index (χ3n) is 6.47. The van der Waals surface area contributed by atoms with E-state index in [0.717, 1.165) is 52.3 Å². The minimum atomic E-state index is 0.878.